The lowest BCUT2D eigenvalue weighted by atomic mass is 9.97. The number of carbonyl (C=O) groups is 2. The first-order valence-corrected chi connectivity index (χ1v) is 9.40. The molecule has 0 aromatic heterocycles. The number of nitrogens with zero attached hydrogens (tertiary/aromatic N) is 1. The summed E-state index contributed by atoms with van der Waals surface area (Å²) in [5.74, 6) is -0.878. The van der Waals surface area contributed by atoms with Crippen LogP contribution in [-0.4, -0.2) is 35.0 Å². The van der Waals surface area contributed by atoms with Gasteiger partial charge in [0.1, 0.15) is 0 Å². The predicted molar refractivity (Wildman–Crippen MR) is 105 cm³/mol. The van der Waals surface area contributed by atoms with Crippen molar-refractivity contribution in [1.29, 1.82) is 0 Å². The molecule has 2 aromatic carbocycles. The van der Waals surface area contributed by atoms with E-state index in [0.29, 0.717) is 4.90 Å². The Balaban J connectivity index is 2.39. The molecule has 8 heteroatoms. The van der Waals surface area contributed by atoms with E-state index in [1.165, 1.54) is 42.1 Å². The summed E-state index contributed by atoms with van der Waals surface area (Å²) in [5, 5.41) is 14.0. The minimum Gasteiger partial charge on any atom is -0.350 e. The van der Waals surface area contributed by atoms with Crippen LogP contribution in [-0.2, 0) is 0 Å². The number of hydrogen-bond acceptors (Lipinski definition) is 6. The van der Waals surface area contributed by atoms with Gasteiger partial charge >= 0.3 is 0 Å². The zero-order valence-corrected chi connectivity index (χ0v) is 16.1. The molecule has 27 heavy (non-hydrogen) atoms. The summed E-state index contributed by atoms with van der Waals surface area (Å²) >= 11 is 1.23. The maximum atomic E-state index is 12.9. The molecule has 0 spiro atoms. The zero-order valence-electron chi connectivity index (χ0n) is 15.3. The SMILES string of the molecule is CSc1ccc(C(=O)c2ccccc2C(=O)NCC(C)(C)N)cc1[N+](=O)[O-]. The molecule has 0 heterocycles. The number of amides is 1. The molecule has 0 fully saturated rings. The Morgan fingerprint density at radius 3 is 2.37 bits per heavy atom. The van der Waals surface area contributed by atoms with Crippen LogP contribution < -0.4 is 11.1 Å². The van der Waals surface area contributed by atoms with Gasteiger partial charge in [-0.15, -0.1) is 11.8 Å². The fourth-order valence-electron chi connectivity index (χ4n) is 2.41. The molecule has 2 rings (SSSR count). The van der Waals surface area contributed by atoms with Crippen LogP contribution in [0.25, 0.3) is 0 Å². The lowest BCUT2D eigenvalue weighted by molar-refractivity contribution is -0.387. The van der Waals surface area contributed by atoms with Gasteiger partial charge in [-0.3, -0.25) is 19.7 Å². The van der Waals surface area contributed by atoms with Crippen LogP contribution in [0.5, 0.6) is 0 Å². The minimum absolute atomic E-state index is 0.139. The molecule has 0 aliphatic carbocycles. The van der Waals surface area contributed by atoms with Gasteiger partial charge in [-0.25, -0.2) is 0 Å². The van der Waals surface area contributed by atoms with Gasteiger partial charge in [0.15, 0.2) is 5.78 Å². The standard InChI is InChI=1S/C19H21N3O4S/c1-19(2,20)11-21-18(24)14-7-5-4-6-13(14)17(23)12-8-9-16(27-3)15(10-12)22(25)26/h4-10H,11,20H2,1-3H3,(H,21,24). The van der Waals surface area contributed by atoms with Crippen molar-refractivity contribution in [3.63, 3.8) is 0 Å². The van der Waals surface area contributed by atoms with E-state index in [1.54, 1.807) is 32.2 Å². The number of nitro benzene ring substituents is 1. The quantitative estimate of drug-likeness (QED) is 0.327. The summed E-state index contributed by atoms with van der Waals surface area (Å²) in [5.41, 5.74) is 5.67. The minimum atomic E-state index is -0.594. The number of rotatable bonds is 7. The Hall–Kier alpha value is -2.71. The number of nitrogens with one attached hydrogen (secondary N) is 1. The lowest BCUT2D eigenvalue weighted by Gasteiger charge is -2.19. The normalized spacial score (nSPS) is 11.1. The van der Waals surface area contributed by atoms with Crippen LogP contribution in [0.2, 0.25) is 0 Å². The maximum Gasteiger partial charge on any atom is 0.283 e. The van der Waals surface area contributed by atoms with Crippen molar-refractivity contribution in [2.75, 3.05) is 12.8 Å². The summed E-state index contributed by atoms with van der Waals surface area (Å²) in [6.45, 7) is 3.79. The van der Waals surface area contributed by atoms with Crippen LogP contribution in [0.15, 0.2) is 47.4 Å². The van der Waals surface area contributed by atoms with E-state index in [-0.39, 0.29) is 28.9 Å². The summed E-state index contributed by atoms with van der Waals surface area (Å²) < 4.78 is 0. The molecule has 0 bridgehead atoms. The molecule has 0 saturated carbocycles. The summed E-state index contributed by atoms with van der Waals surface area (Å²) in [4.78, 5) is 36.6. The first-order chi connectivity index (χ1) is 12.6. The second kappa shape index (κ2) is 8.32. The highest BCUT2D eigenvalue weighted by molar-refractivity contribution is 7.98. The fraction of sp³-hybridized carbons (Fsp3) is 0.263. The Morgan fingerprint density at radius 1 is 1.19 bits per heavy atom. The first-order valence-electron chi connectivity index (χ1n) is 8.17. The van der Waals surface area contributed by atoms with Gasteiger partial charge < -0.3 is 11.1 Å². The molecule has 0 saturated heterocycles. The monoisotopic (exact) mass is 387 g/mol. The first kappa shape index (κ1) is 20.6. The van der Waals surface area contributed by atoms with Gasteiger partial charge in [0.25, 0.3) is 11.6 Å². The van der Waals surface area contributed by atoms with Crippen molar-refractivity contribution in [2.24, 2.45) is 5.73 Å². The Kier molecular flexibility index (Phi) is 6.35. The molecule has 3 N–H and O–H groups in total. The maximum absolute atomic E-state index is 12.9. The van der Waals surface area contributed by atoms with Crippen LogP contribution in [0.1, 0.15) is 40.1 Å². The number of nitrogens with two attached hydrogens (primary N) is 1. The molecular formula is C19H21N3O4S. The third-order valence-electron chi connectivity index (χ3n) is 3.76. The average Bonchev–Trinajstić information content (AvgIpc) is 2.64. The Labute approximate surface area is 161 Å². The van der Waals surface area contributed by atoms with Gasteiger partial charge in [0.2, 0.25) is 0 Å². The van der Waals surface area contributed by atoms with E-state index in [9.17, 15) is 19.7 Å². The average molecular weight is 387 g/mol. The highest BCUT2D eigenvalue weighted by atomic mass is 32.2. The summed E-state index contributed by atoms with van der Waals surface area (Å²) in [6, 6.07) is 10.7. The molecule has 0 atom stereocenters. The number of ketones is 1. The number of nitro groups is 1. The summed E-state index contributed by atoms with van der Waals surface area (Å²) in [6.07, 6.45) is 1.72. The van der Waals surface area contributed by atoms with Gasteiger partial charge in [-0.2, -0.15) is 0 Å². The largest absolute Gasteiger partial charge is 0.350 e. The van der Waals surface area contributed by atoms with Gasteiger partial charge in [-0.1, -0.05) is 18.2 Å². The second-order valence-corrected chi connectivity index (χ2v) is 7.54. The van der Waals surface area contributed by atoms with Crippen LogP contribution in [0, 0.1) is 10.1 Å². The fourth-order valence-corrected chi connectivity index (χ4v) is 2.96. The van der Waals surface area contributed by atoms with Crippen molar-refractivity contribution >= 4 is 29.1 Å². The van der Waals surface area contributed by atoms with E-state index in [2.05, 4.69) is 5.32 Å². The van der Waals surface area contributed by atoms with Crippen LogP contribution >= 0.6 is 11.8 Å². The number of thioether (sulfide) groups is 1. The van der Waals surface area contributed by atoms with E-state index in [1.807, 2.05) is 0 Å². The van der Waals surface area contributed by atoms with Gasteiger partial charge in [0, 0.05) is 29.3 Å². The second-order valence-electron chi connectivity index (χ2n) is 6.69. The van der Waals surface area contributed by atoms with Crippen molar-refractivity contribution in [1.82, 2.24) is 5.32 Å². The summed E-state index contributed by atoms with van der Waals surface area (Å²) in [7, 11) is 0. The zero-order chi connectivity index (χ0) is 20.2. The topological polar surface area (TPSA) is 115 Å². The van der Waals surface area contributed by atoms with Crippen molar-refractivity contribution in [3.05, 3.63) is 69.3 Å². The van der Waals surface area contributed by atoms with Gasteiger partial charge in [-0.05, 0) is 38.3 Å². The molecule has 7 nitrogen and oxygen atoms in total. The third kappa shape index (κ3) is 5.15. The van der Waals surface area contributed by atoms with Crippen molar-refractivity contribution in [2.45, 2.75) is 24.3 Å². The van der Waals surface area contributed by atoms with E-state index in [4.69, 9.17) is 5.73 Å². The van der Waals surface area contributed by atoms with Crippen LogP contribution in [0.4, 0.5) is 5.69 Å². The van der Waals surface area contributed by atoms with Crippen molar-refractivity contribution < 1.29 is 14.5 Å². The molecule has 0 aliphatic heterocycles. The Bertz CT molecular complexity index is 891. The van der Waals surface area contributed by atoms with Crippen molar-refractivity contribution in [3.8, 4) is 0 Å². The molecule has 0 radical (unpaired) electrons. The molecule has 0 unspecified atom stereocenters. The van der Waals surface area contributed by atoms with Crippen LogP contribution in [0.3, 0.4) is 0 Å². The molecule has 1 amide bonds. The molecular weight excluding hydrogens is 366 g/mol. The van der Waals surface area contributed by atoms with Gasteiger partial charge in [0.05, 0.1) is 15.4 Å². The number of carbonyl (C=O) groups excluding carboxylic acids is 2. The van der Waals surface area contributed by atoms with E-state index in [0.717, 1.165) is 0 Å². The van der Waals surface area contributed by atoms with E-state index >= 15 is 0 Å². The predicted octanol–water partition coefficient (Wildman–Crippen LogP) is 3.01. The molecule has 142 valence electrons. The number of hydrogen-bond donors (Lipinski definition) is 2. The Morgan fingerprint density at radius 2 is 1.81 bits per heavy atom. The third-order valence-corrected chi connectivity index (χ3v) is 4.54. The smallest absolute Gasteiger partial charge is 0.283 e. The highest BCUT2D eigenvalue weighted by Gasteiger charge is 2.22. The highest BCUT2D eigenvalue weighted by Crippen LogP contribution is 2.29. The lowest BCUT2D eigenvalue weighted by Crippen LogP contribution is -2.45. The number of benzene rings is 2. The molecule has 0 aliphatic rings. The molecule has 2 aromatic rings. The van der Waals surface area contributed by atoms with E-state index < -0.39 is 22.2 Å².